The van der Waals surface area contributed by atoms with Crippen molar-refractivity contribution in [1.82, 2.24) is 0 Å². The molecular formula is C57H96O6. The molecule has 6 heteroatoms. The van der Waals surface area contributed by atoms with Gasteiger partial charge >= 0.3 is 17.9 Å². The number of carbonyl (C=O) groups is 3. The highest BCUT2D eigenvalue weighted by atomic mass is 16.6. The zero-order valence-electron chi connectivity index (χ0n) is 41.1. The Morgan fingerprint density at radius 3 is 0.937 bits per heavy atom. The third kappa shape index (κ3) is 49.5. The molecule has 0 heterocycles. The van der Waals surface area contributed by atoms with Crippen LogP contribution in [0.3, 0.4) is 0 Å². The summed E-state index contributed by atoms with van der Waals surface area (Å²) in [5.74, 6) is -0.948. The molecule has 0 unspecified atom stereocenters. The second-order valence-corrected chi connectivity index (χ2v) is 17.1. The fourth-order valence-corrected chi connectivity index (χ4v) is 6.83. The fraction of sp³-hybridized carbons (Fsp3) is 0.702. The molecule has 0 aliphatic carbocycles. The molecular weight excluding hydrogens is 781 g/mol. The predicted molar refractivity (Wildman–Crippen MR) is 270 cm³/mol. The first-order valence-corrected chi connectivity index (χ1v) is 26.1. The van der Waals surface area contributed by atoms with Crippen LogP contribution >= 0.6 is 0 Å². The van der Waals surface area contributed by atoms with Crippen molar-refractivity contribution in [3.05, 3.63) is 85.1 Å². The number of carbonyl (C=O) groups excluding carboxylic acids is 3. The Balaban J connectivity index is 4.47. The smallest absolute Gasteiger partial charge is 0.306 e. The van der Waals surface area contributed by atoms with Gasteiger partial charge in [0, 0.05) is 19.3 Å². The molecule has 0 amide bonds. The SMILES string of the molecule is CCCC/C=C\C/C=C\CCCCCCCC(=O)OC[C@H](COC(=O)CCCCCC/C=C\C/C=C\C/C=C\CCCCC)OC(=O)CCCCCCC/C=C\C/C=C\CCCC. The Hall–Kier alpha value is -3.41. The van der Waals surface area contributed by atoms with Crippen LogP contribution < -0.4 is 0 Å². The molecule has 0 saturated carbocycles. The number of allylic oxidation sites excluding steroid dienone is 14. The van der Waals surface area contributed by atoms with Gasteiger partial charge in [-0.25, -0.2) is 0 Å². The molecule has 1 atom stereocenters. The molecule has 0 aromatic carbocycles. The van der Waals surface area contributed by atoms with Crippen LogP contribution in [-0.4, -0.2) is 37.2 Å². The van der Waals surface area contributed by atoms with Gasteiger partial charge in [0.05, 0.1) is 0 Å². The lowest BCUT2D eigenvalue weighted by molar-refractivity contribution is -0.167. The topological polar surface area (TPSA) is 78.9 Å². The van der Waals surface area contributed by atoms with E-state index >= 15 is 0 Å². The Morgan fingerprint density at radius 1 is 0.317 bits per heavy atom. The minimum absolute atomic E-state index is 0.0977. The lowest BCUT2D eigenvalue weighted by atomic mass is 10.1. The molecule has 0 N–H and O–H groups in total. The van der Waals surface area contributed by atoms with E-state index in [4.69, 9.17) is 14.2 Å². The Labute approximate surface area is 388 Å². The van der Waals surface area contributed by atoms with Gasteiger partial charge in [-0.05, 0) is 109 Å². The highest BCUT2D eigenvalue weighted by Crippen LogP contribution is 2.13. The monoisotopic (exact) mass is 877 g/mol. The van der Waals surface area contributed by atoms with E-state index in [0.29, 0.717) is 19.3 Å². The van der Waals surface area contributed by atoms with Crippen molar-refractivity contribution in [1.29, 1.82) is 0 Å². The van der Waals surface area contributed by atoms with Crippen molar-refractivity contribution in [2.75, 3.05) is 13.2 Å². The molecule has 0 radical (unpaired) electrons. The maximum Gasteiger partial charge on any atom is 0.306 e. The van der Waals surface area contributed by atoms with Crippen LogP contribution in [0.4, 0.5) is 0 Å². The van der Waals surface area contributed by atoms with E-state index in [9.17, 15) is 14.4 Å². The summed E-state index contributed by atoms with van der Waals surface area (Å²) < 4.78 is 16.8. The van der Waals surface area contributed by atoms with Gasteiger partial charge in [0.25, 0.3) is 0 Å². The molecule has 0 rings (SSSR count). The van der Waals surface area contributed by atoms with Crippen LogP contribution in [0.1, 0.15) is 239 Å². The van der Waals surface area contributed by atoms with Crippen LogP contribution in [0, 0.1) is 0 Å². The maximum absolute atomic E-state index is 12.8. The quantitative estimate of drug-likeness (QED) is 0.0262. The van der Waals surface area contributed by atoms with Gasteiger partial charge in [-0.1, -0.05) is 196 Å². The number of hydrogen-bond donors (Lipinski definition) is 0. The van der Waals surface area contributed by atoms with Gasteiger partial charge < -0.3 is 14.2 Å². The number of ether oxygens (including phenoxy) is 3. The Morgan fingerprint density at radius 2 is 0.587 bits per heavy atom. The average Bonchev–Trinajstić information content (AvgIpc) is 3.28. The molecule has 0 aliphatic heterocycles. The third-order valence-corrected chi connectivity index (χ3v) is 10.8. The van der Waals surface area contributed by atoms with Crippen LogP contribution in [0.5, 0.6) is 0 Å². The second-order valence-electron chi connectivity index (χ2n) is 17.1. The number of hydrogen-bond acceptors (Lipinski definition) is 6. The van der Waals surface area contributed by atoms with E-state index in [-0.39, 0.29) is 31.1 Å². The van der Waals surface area contributed by atoms with Gasteiger partial charge in [0.1, 0.15) is 13.2 Å². The molecule has 0 bridgehead atoms. The summed E-state index contributed by atoms with van der Waals surface area (Å²) in [4.78, 5) is 38.0. The van der Waals surface area contributed by atoms with Crippen LogP contribution in [0.15, 0.2) is 85.1 Å². The molecule has 0 aromatic rings. The lowest BCUT2D eigenvalue weighted by Gasteiger charge is -2.18. The van der Waals surface area contributed by atoms with E-state index in [1.807, 2.05) is 0 Å². The number of esters is 3. The van der Waals surface area contributed by atoms with E-state index in [0.717, 1.165) is 135 Å². The molecule has 0 saturated heterocycles. The highest BCUT2D eigenvalue weighted by molar-refractivity contribution is 5.71. The maximum atomic E-state index is 12.8. The zero-order chi connectivity index (χ0) is 45.8. The van der Waals surface area contributed by atoms with Gasteiger partial charge in [-0.3, -0.25) is 14.4 Å². The van der Waals surface area contributed by atoms with Gasteiger partial charge in [0.2, 0.25) is 0 Å². The number of unbranched alkanes of at least 4 members (excludes halogenated alkanes) is 21. The minimum atomic E-state index is -0.799. The first-order chi connectivity index (χ1) is 31.0. The van der Waals surface area contributed by atoms with Crippen molar-refractivity contribution in [3.63, 3.8) is 0 Å². The van der Waals surface area contributed by atoms with Gasteiger partial charge in [-0.15, -0.1) is 0 Å². The Bertz CT molecular complexity index is 1240. The van der Waals surface area contributed by atoms with Crippen LogP contribution in [0.2, 0.25) is 0 Å². The number of rotatable bonds is 46. The molecule has 0 fully saturated rings. The lowest BCUT2D eigenvalue weighted by Crippen LogP contribution is -2.30. The standard InChI is InChI=1S/C57H96O6/c1-4-7-10-13-16-19-22-25-28-29-30-33-35-38-41-44-47-50-56(59)62-53-54(63-57(60)51-48-45-42-39-36-32-27-24-21-18-15-12-9-6-3)52-61-55(58)49-46-43-40-37-34-31-26-23-20-17-14-11-8-5-2/h14-19,23-28,30,33,54H,4-13,20-22,29,31-32,34-53H2,1-3H3/b17-14-,18-15-,19-16-,26-23-,27-24-,28-25-,33-30-/t54-/m1/s1. The summed E-state index contributed by atoms with van der Waals surface area (Å²) in [6.07, 6.45) is 65.6. The van der Waals surface area contributed by atoms with Crippen molar-refractivity contribution in [2.45, 2.75) is 245 Å². The second kappa shape index (κ2) is 51.2. The van der Waals surface area contributed by atoms with Crippen molar-refractivity contribution < 1.29 is 28.6 Å². The summed E-state index contributed by atoms with van der Waals surface area (Å²) in [6, 6.07) is 0. The summed E-state index contributed by atoms with van der Waals surface area (Å²) >= 11 is 0. The summed E-state index contributed by atoms with van der Waals surface area (Å²) in [5, 5.41) is 0. The minimum Gasteiger partial charge on any atom is -0.462 e. The molecule has 63 heavy (non-hydrogen) atoms. The van der Waals surface area contributed by atoms with E-state index < -0.39 is 6.10 Å². The largest absolute Gasteiger partial charge is 0.462 e. The van der Waals surface area contributed by atoms with Gasteiger partial charge in [0.15, 0.2) is 6.10 Å². The third-order valence-electron chi connectivity index (χ3n) is 10.8. The highest BCUT2D eigenvalue weighted by Gasteiger charge is 2.19. The van der Waals surface area contributed by atoms with Crippen molar-refractivity contribution in [2.24, 2.45) is 0 Å². The normalized spacial score (nSPS) is 12.7. The van der Waals surface area contributed by atoms with Crippen LogP contribution in [0.25, 0.3) is 0 Å². The summed E-state index contributed by atoms with van der Waals surface area (Å²) in [6.45, 7) is 6.48. The summed E-state index contributed by atoms with van der Waals surface area (Å²) in [5.41, 5.74) is 0. The van der Waals surface area contributed by atoms with E-state index in [1.165, 1.54) is 64.2 Å². The molecule has 360 valence electrons. The van der Waals surface area contributed by atoms with Gasteiger partial charge in [-0.2, -0.15) is 0 Å². The first kappa shape index (κ1) is 59.6. The fourth-order valence-electron chi connectivity index (χ4n) is 6.83. The first-order valence-electron chi connectivity index (χ1n) is 26.1. The van der Waals surface area contributed by atoms with Crippen molar-refractivity contribution >= 4 is 17.9 Å². The molecule has 0 spiro atoms. The van der Waals surface area contributed by atoms with E-state index in [2.05, 4.69) is 106 Å². The predicted octanol–water partition coefficient (Wildman–Crippen LogP) is 17.2. The van der Waals surface area contributed by atoms with E-state index in [1.54, 1.807) is 0 Å². The van der Waals surface area contributed by atoms with Crippen LogP contribution in [-0.2, 0) is 28.6 Å². The molecule has 0 aliphatic rings. The zero-order valence-corrected chi connectivity index (χ0v) is 41.1. The molecule has 0 aromatic heterocycles. The summed E-state index contributed by atoms with van der Waals surface area (Å²) in [7, 11) is 0. The van der Waals surface area contributed by atoms with Crippen molar-refractivity contribution in [3.8, 4) is 0 Å². The molecule has 6 nitrogen and oxygen atoms in total. The average molecular weight is 877 g/mol. The Kier molecular flexibility index (Phi) is 48.5.